The molecular weight excluding hydrogens is 256 g/mol. The van der Waals surface area contributed by atoms with Crippen molar-refractivity contribution in [1.29, 1.82) is 0 Å². The van der Waals surface area contributed by atoms with E-state index in [0.29, 0.717) is 12.1 Å². The van der Waals surface area contributed by atoms with E-state index in [0.717, 1.165) is 19.4 Å². The third-order valence-electron chi connectivity index (χ3n) is 4.68. The maximum atomic E-state index is 3.51. The fourth-order valence-electron chi connectivity index (χ4n) is 3.45. The highest BCUT2D eigenvalue weighted by Crippen LogP contribution is 2.33. The smallest absolute Gasteiger partial charge is 0.0481 e. The fourth-order valence-corrected chi connectivity index (χ4v) is 3.45. The fraction of sp³-hybridized carbons (Fsp3) is 0.368. The molecule has 0 radical (unpaired) electrons. The number of fused-ring (bicyclic) bond motifs is 1. The third-order valence-corrected chi connectivity index (χ3v) is 4.68. The minimum Gasteiger partial charge on any atom is -0.312 e. The Bertz CT molecular complexity index is 579. The van der Waals surface area contributed by atoms with Gasteiger partial charge >= 0.3 is 0 Å². The lowest BCUT2D eigenvalue weighted by atomic mass is 10.1. The Morgan fingerprint density at radius 3 is 2.52 bits per heavy atom. The van der Waals surface area contributed by atoms with Gasteiger partial charge in [0.2, 0.25) is 0 Å². The van der Waals surface area contributed by atoms with E-state index in [4.69, 9.17) is 0 Å². The number of likely N-dealkylation sites (N-methyl/N-ethyl adjacent to an activating group) is 2. The Morgan fingerprint density at radius 1 is 1.05 bits per heavy atom. The van der Waals surface area contributed by atoms with E-state index in [-0.39, 0.29) is 0 Å². The Morgan fingerprint density at radius 2 is 1.76 bits per heavy atom. The zero-order valence-electron chi connectivity index (χ0n) is 12.9. The first-order valence-corrected chi connectivity index (χ1v) is 7.79. The third kappa shape index (κ3) is 3.02. The lowest BCUT2D eigenvalue weighted by Gasteiger charge is -2.30. The van der Waals surface area contributed by atoms with Crippen molar-refractivity contribution in [2.24, 2.45) is 0 Å². The Hall–Kier alpha value is -1.64. The van der Waals surface area contributed by atoms with Crippen molar-refractivity contribution in [2.75, 3.05) is 20.6 Å². The van der Waals surface area contributed by atoms with Crippen LogP contribution in [-0.2, 0) is 12.8 Å². The molecule has 21 heavy (non-hydrogen) atoms. The Kier molecular flexibility index (Phi) is 4.37. The Balaban J connectivity index is 1.67. The van der Waals surface area contributed by atoms with Crippen molar-refractivity contribution in [3.05, 3.63) is 71.3 Å². The highest BCUT2D eigenvalue weighted by molar-refractivity contribution is 5.37. The molecule has 0 bridgehead atoms. The van der Waals surface area contributed by atoms with Crippen LogP contribution >= 0.6 is 0 Å². The highest BCUT2D eigenvalue weighted by Gasteiger charge is 2.33. The molecule has 0 spiro atoms. The quantitative estimate of drug-likeness (QED) is 0.905. The van der Waals surface area contributed by atoms with Crippen LogP contribution in [0.2, 0.25) is 0 Å². The summed E-state index contributed by atoms with van der Waals surface area (Å²) in [5.74, 6) is 0. The van der Waals surface area contributed by atoms with Crippen molar-refractivity contribution >= 4 is 0 Å². The molecule has 2 aromatic rings. The number of nitrogens with zero attached hydrogens (tertiary/aromatic N) is 1. The van der Waals surface area contributed by atoms with Gasteiger partial charge in [0.1, 0.15) is 0 Å². The van der Waals surface area contributed by atoms with Gasteiger partial charge in [0.15, 0.2) is 0 Å². The lowest BCUT2D eigenvalue weighted by Crippen LogP contribution is -2.40. The molecule has 2 aromatic carbocycles. The molecule has 0 fully saturated rings. The van der Waals surface area contributed by atoms with E-state index in [9.17, 15) is 0 Å². The van der Waals surface area contributed by atoms with E-state index in [2.05, 4.69) is 78.9 Å². The number of hydrogen-bond donors (Lipinski definition) is 1. The summed E-state index contributed by atoms with van der Waals surface area (Å²) < 4.78 is 0. The molecule has 0 aliphatic heterocycles. The summed E-state index contributed by atoms with van der Waals surface area (Å²) in [6.45, 7) is 1.10. The molecule has 0 aromatic heterocycles. The molecule has 0 saturated heterocycles. The van der Waals surface area contributed by atoms with Gasteiger partial charge in [0.25, 0.3) is 0 Å². The van der Waals surface area contributed by atoms with Crippen molar-refractivity contribution in [1.82, 2.24) is 10.2 Å². The molecule has 0 heterocycles. The van der Waals surface area contributed by atoms with Gasteiger partial charge in [-0.2, -0.15) is 0 Å². The van der Waals surface area contributed by atoms with Crippen LogP contribution in [-0.4, -0.2) is 31.6 Å². The van der Waals surface area contributed by atoms with Gasteiger partial charge in [-0.3, -0.25) is 0 Å². The second-order valence-corrected chi connectivity index (χ2v) is 5.95. The van der Waals surface area contributed by atoms with Crippen molar-refractivity contribution in [2.45, 2.75) is 24.9 Å². The summed E-state index contributed by atoms with van der Waals surface area (Å²) in [6, 6.07) is 20.6. The summed E-state index contributed by atoms with van der Waals surface area (Å²) in [6.07, 6.45) is 2.26. The predicted octanol–water partition coefficient (Wildman–Crippen LogP) is 3.05. The van der Waals surface area contributed by atoms with Crippen LogP contribution in [0.5, 0.6) is 0 Å². The zero-order chi connectivity index (χ0) is 14.7. The first-order chi connectivity index (χ1) is 10.3. The second-order valence-electron chi connectivity index (χ2n) is 5.95. The van der Waals surface area contributed by atoms with E-state index in [1.54, 1.807) is 0 Å². The monoisotopic (exact) mass is 280 g/mol. The molecule has 2 heteroatoms. The van der Waals surface area contributed by atoms with Crippen LogP contribution in [0.25, 0.3) is 0 Å². The topological polar surface area (TPSA) is 15.3 Å². The minimum atomic E-state index is 0.446. The van der Waals surface area contributed by atoms with E-state index in [1.165, 1.54) is 16.7 Å². The van der Waals surface area contributed by atoms with Crippen LogP contribution in [0.1, 0.15) is 22.7 Å². The predicted molar refractivity (Wildman–Crippen MR) is 88.5 cm³/mol. The van der Waals surface area contributed by atoms with E-state index in [1.807, 2.05) is 0 Å². The molecule has 1 aliphatic rings. The van der Waals surface area contributed by atoms with Gasteiger partial charge in [-0.05, 0) is 43.6 Å². The van der Waals surface area contributed by atoms with Gasteiger partial charge in [-0.25, -0.2) is 0 Å². The highest BCUT2D eigenvalue weighted by atomic mass is 15.2. The molecule has 110 valence electrons. The van der Waals surface area contributed by atoms with Gasteiger partial charge in [0, 0.05) is 18.6 Å². The van der Waals surface area contributed by atoms with Crippen molar-refractivity contribution in [3.8, 4) is 0 Å². The maximum absolute atomic E-state index is 3.51. The number of benzene rings is 2. The summed E-state index contributed by atoms with van der Waals surface area (Å²) in [4.78, 5) is 2.51. The van der Waals surface area contributed by atoms with Gasteiger partial charge in [-0.1, -0.05) is 54.6 Å². The number of rotatable bonds is 5. The van der Waals surface area contributed by atoms with Crippen LogP contribution in [0, 0.1) is 0 Å². The lowest BCUT2D eigenvalue weighted by molar-refractivity contribution is 0.211. The summed E-state index contributed by atoms with van der Waals surface area (Å²) >= 11 is 0. The number of nitrogens with one attached hydrogen (secondary N) is 1. The molecule has 3 rings (SSSR count). The van der Waals surface area contributed by atoms with E-state index < -0.39 is 0 Å². The molecule has 1 N–H and O–H groups in total. The normalized spacial score (nSPS) is 20.7. The average molecular weight is 280 g/mol. The average Bonchev–Trinajstić information content (AvgIpc) is 2.92. The van der Waals surface area contributed by atoms with Crippen LogP contribution in [0.3, 0.4) is 0 Å². The Labute approximate surface area is 127 Å². The minimum absolute atomic E-state index is 0.446. The molecule has 2 nitrogen and oxygen atoms in total. The maximum Gasteiger partial charge on any atom is 0.0481 e. The van der Waals surface area contributed by atoms with Gasteiger partial charge < -0.3 is 10.2 Å². The van der Waals surface area contributed by atoms with Gasteiger partial charge in [0.05, 0.1) is 0 Å². The van der Waals surface area contributed by atoms with Crippen LogP contribution in [0.4, 0.5) is 0 Å². The summed E-state index contributed by atoms with van der Waals surface area (Å²) in [7, 11) is 4.33. The van der Waals surface area contributed by atoms with E-state index >= 15 is 0 Å². The number of hydrogen-bond acceptors (Lipinski definition) is 2. The molecule has 0 saturated carbocycles. The zero-order valence-corrected chi connectivity index (χ0v) is 12.9. The second kappa shape index (κ2) is 6.42. The SMILES string of the molecule is CNC1c2ccccc2CC1N(C)CCc1ccccc1. The molecule has 2 atom stereocenters. The summed E-state index contributed by atoms with van der Waals surface area (Å²) in [5.41, 5.74) is 4.38. The standard InChI is InChI=1S/C19H24N2/c1-20-19-17-11-7-6-10-16(17)14-18(19)21(2)13-12-15-8-4-3-5-9-15/h3-11,18-20H,12-14H2,1-2H3. The van der Waals surface area contributed by atoms with Crippen molar-refractivity contribution < 1.29 is 0 Å². The molecule has 1 aliphatic carbocycles. The molecular formula is C19H24N2. The summed E-state index contributed by atoms with van der Waals surface area (Å²) in [5, 5.41) is 3.51. The van der Waals surface area contributed by atoms with Gasteiger partial charge in [-0.15, -0.1) is 0 Å². The largest absolute Gasteiger partial charge is 0.312 e. The van der Waals surface area contributed by atoms with Crippen molar-refractivity contribution in [3.63, 3.8) is 0 Å². The van der Waals surface area contributed by atoms with Crippen LogP contribution < -0.4 is 5.32 Å². The first kappa shape index (κ1) is 14.3. The molecule has 0 amide bonds. The molecule has 2 unspecified atom stereocenters. The van der Waals surface area contributed by atoms with Crippen LogP contribution in [0.15, 0.2) is 54.6 Å². The first-order valence-electron chi connectivity index (χ1n) is 7.79.